The Morgan fingerprint density at radius 1 is 1.56 bits per heavy atom. The number of hydrogen-bond donors (Lipinski definition) is 1. The van der Waals surface area contributed by atoms with Gasteiger partial charge in [0, 0.05) is 13.1 Å². The number of hydrogen-bond acceptors (Lipinski definition) is 3. The third kappa shape index (κ3) is 2.48. The number of aryl methyl sites for hydroxylation is 1. The van der Waals surface area contributed by atoms with Crippen LogP contribution in [0, 0.1) is 5.82 Å². The zero-order valence-corrected chi connectivity index (χ0v) is 9.63. The van der Waals surface area contributed by atoms with Crippen LogP contribution in [0.3, 0.4) is 0 Å². The van der Waals surface area contributed by atoms with Gasteiger partial charge < -0.3 is 14.4 Å². The molecule has 0 saturated carbocycles. The number of ether oxygens (including phenoxy) is 1. The van der Waals surface area contributed by atoms with Crippen molar-refractivity contribution in [3.8, 4) is 5.75 Å². The van der Waals surface area contributed by atoms with Gasteiger partial charge in [-0.05, 0) is 12.1 Å². The number of nitrogens with zero attached hydrogens (tertiary/aromatic N) is 2. The van der Waals surface area contributed by atoms with Gasteiger partial charge in [0.05, 0.1) is 23.8 Å². The first-order valence-electron chi connectivity index (χ1n) is 5.19. The summed E-state index contributed by atoms with van der Waals surface area (Å²) in [5.41, 5.74) is 0.459. The Bertz CT molecular complexity index is 580. The molecule has 0 bridgehead atoms. The van der Waals surface area contributed by atoms with Crippen LogP contribution in [0.1, 0.15) is 16.1 Å². The van der Waals surface area contributed by atoms with Gasteiger partial charge in [-0.1, -0.05) is 0 Å². The molecule has 0 aliphatic rings. The predicted molar refractivity (Wildman–Crippen MR) is 60.9 cm³/mol. The topological polar surface area (TPSA) is 64.4 Å². The summed E-state index contributed by atoms with van der Waals surface area (Å²) < 4.78 is 20.5. The SMILES string of the molecule is Cn1cncc1COc1ccc(C(=O)O)c(F)c1. The molecule has 94 valence electrons. The van der Waals surface area contributed by atoms with Gasteiger partial charge in [0.2, 0.25) is 0 Å². The molecular formula is C12H11FN2O3. The van der Waals surface area contributed by atoms with Crippen LogP contribution < -0.4 is 4.74 Å². The number of carbonyl (C=O) groups is 1. The van der Waals surface area contributed by atoms with E-state index in [-0.39, 0.29) is 17.9 Å². The van der Waals surface area contributed by atoms with Crippen molar-refractivity contribution in [1.82, 2.24) is 9.55 Å². The molecule has 1 aromatic carbocycles. The van der Waals surface area contributed by atoms with E-state index in [0.29, 0.717) is 0 Å². The minimum atomic E-state index is -1.30. The van der Waals surface area contributed by atoms with Gasteiger partial charge in [-0.2, -0.15) is 0 Å². The first-order chi connectivity index (χ1) is 8.58. The Kier molecular flexibility index (Phi) is 3.27. The Hall–Kier alpha value is -2.37. The van der Waals surface area contributed by atoms with Crippen molar-refractivity contribution < 1.29 is 19.0 Å². The number of rotatable bonds is 4. The van der Waals surface area contributed by atoms with E-state index < -0.39 is 11.8 Å². The molecule has 0 aliphatic heterocycles. The van der Waals surface area contributed by atoms with E-state index in [0.717, 1.165) is 11.8 Å². The maximum Gasteiger partial charge on any atom is 0.338 e. The molecule has 0 unspecified atom stereocenters. The fourth-order valence-electron chi connectivity index (χ4n) is 1.44. The number of halogens is 1. The lowest BCUT2D eigenvalue weighted by molar-refractivity contribution is 0.0692. The molecule has 18 heavy (non-hydrogen) atoms. The van der Waals surface area contributed by atoms with E-state index in [1.165, 1.54) is 12.1 Å². The highest BCUT2D eigenvalue weighted by atomic mass is 19.1. The summed E-state index contributed by atoms with van der Waals surface area (Å²) in [7, 11) is 1.82. The van der Waals surface area contributed by atoms with Crippen molar-refractivity contribution in [3.63, 3.8) is 0 Å². The van der Waals surface area contributed by atoms with Crippen LogP contribution in [0.2, 0.25) is 0 Å². The average molecular weight is 250 g/mol. The molecule has 0 amide bonds. The predicted octanol–water partition coefficient (Wildman–Crippen LogP) is 1.84. The fourth-order valence-corrected chi connectivity index (χ4v) is 1.44. The molecule has 1 aromatic heterocycles. The van der Waals surface area contributed by atoms with Crippen molar-refractivity contribution >= 4 is 5.97 Å². The number of aromatic nitrogens is 2. The van der Waals surface area contributed by atoms with Crippen LogP contribution in [-0.2, 0) is 13.7 Å². The van der Waals surface area contributed by atoms with Crippen LogP contribution in [0.15, 0.2) is 30.7 Å². The van der Waals surface area contributed by atoms with Gasteiger partial charge in [-0.3, -0.25) is 0 Å². The van der Waals surface area contributed by atoms with Gasteiger partial charge in [0.15, 0.2) is 0 Å². The quantitative estimate of drug-likeness (QED) is 0.899. The molecule has 0 spiro atoms. The van der Waals surface area contributed by atoms with E-state index in [9.17, 15) is 9.18 Å². The largest absolute Gasteiger partial charge is 0.487 e. The molecule has 2 rings (SSSR count). The van der Waals surface area contributed by atoms with Crippen molar-refractivity contribution in [2.24, 2.45) is 7.05 Å². The summed E-state index contributed by atoms with van der Waals surface area (Å²) in [6.45, 7) is 0.238. The van der Waals surface area contributed by atoms with Gasteiger partial charge in [0.1, 0.15) is 18.2 Å². The first-order valence-corrected chi connectivity index (χ1v) is 5.19. The molecule has 0 saturated heterocycles. The van der Waals surface area contributed by atoms with E-state index in [1.54, 1.807) is 17.1 Å². The normalized spacial score (nSPS) is 10.3. The van der Waals surface area contributed by atoms with Gasteiger partial charge in [0.25, 0.3) is 0 Å². The van der Waals surface area contributed by atoms with Crippen LogP contribution in [0.5, 0.6) is 5.75 Å². The number of carboxylic acid groups (broad SMARTS) is 1. The molecule has 1 N–H and O–H groups in total. The summed E-state index contributed by atoms with van der Waals surface area (Å²) in [4.78, 5) is 14.5. The Morgan fingerprint density at radius 3 is 2.89 bits per heavy atom. The van der Waals surface area contributed by atoms with Crippen molar-refractivity contribution in [2.45, 2.75) is 6.61 Å². The summed E-state index contributed by atoms with van der Waals surface area (Å²) in [6.07, 6.45) is 3.27. The minimum absolute atomic E-state index is 0.238. The molecule has 1 heterocycles. The first kappa shape index (κ1) is 12.1. The minimum Gasteiger partial charge on any atom is -0.487 e. The smallest absolute Gasteiger partial charge is 0.338 e. The van der Waals surface area contributed by atoms with E-state index in [4.69, 9.17) is 9.84 Å². The molecule has 0 radical (unpaired) electrons. The Balaban J connectivity index is 2.09. The highest BCUT2D eigenvalue weighted by Gasteiger charge is 2.11. The van der Waals surface area contributed by atoms with Gasteiger partial charge >= 0.3 is 5.97 Å². The number of aromatic carboxylic acids is 1. The Labute approximate surface area is 102 Å². The molecule has 6 heteroatoms. The second-order valence-corrected chi connectivity index (χ2v) is 3.73. The standard InChI is InChI=1S/C12H11FN2O3/c1-15-7-14-5-8(15)6-18-9-2-3-10(12(16)17)11(13)4-9/h2-5,7H,6H2,1H3,(H,16,17). The van der Waals surface area contributed by atoms with Crippen LogP contribution >= 0.6 is 0 Å². The summed E-state index contributed by atoms with van der Waals surface area (Å²) >= 11 is 0. The zero-order chi connectivity index (χ0) is 13.1. The molecule has 0 aliphatic carbocycles. The lowest BCUT2D eigenvalue weighted by Crippen LogP contribution is -2.03. The fraction of sp³-hybridized carbons (Fsp3) is 0.167. The number of imidazole rings is 1. The molecule has 0 atom stereocenters. The molecular weight excluding hydrogens is 239 g/mol. The summed E-state index contributed by atoms with van der Waals surface area (Å²) in [5, 5.41) is 8.68. The van der Waals surface area contributed by atoms with Crippen LogP contribution in [0.25, 0.3) is 0 Å². The third-order valence-electron chi connectivity index (χ3n) is 2.47. The summed E-state index contributed by atoms with van der Waals surface area (Å²) in [5.74, 6) is -1.84. The van der Waals surface area contributed by atoms with Crippen molar-refractivity contribution in [1.29, 1.82) is 0 Å². The van der Waals surface area contributed by atoms with E-state index >= 15 is 0 Å². The van der Waals surface area contributed by atoms with Crippen LogP contribution in [0.4, 0.5) is 4.39 Å². The average Bonchev–Trinajstić information content (AvgIpc) is 2.72. The third-order valence-corrected chi connectivity index (χ3v) is 2.47. The monoisotopic (exact) mass is 250 g/mol. The Morgan fingerprint density at radius 2 is 2.33 bits per heavy atom. The molecule has 2 aromatic rings. The maximum absolute atomic E-state index is 13.4. The molecule has 0 fully saturated rings. The van der Waals surface area contributed by atoms with Crippen molar-refractivity contribution in [3.05, 3.63) is 47.8 Å². The number of benzene rings is 1. The van der Waals surface area contributed by atoms with E-state index in [1.807, 2.05) is 7.05 Å². The van der Waals surface area contributed by atoms with Crippen LogP contribution in [-0.4, -0.2) is 20.6 Å². The maximum atomic E-state index is 13.4. The lowest BCUT2D eigenvalue weighted by Gasteiger charge is -2.07. The van der Waals surface area contributed by atoms with Gasteiger partial charge in [-0.25, -0.2) is 14.2 Å². The van der Waals surface area contributed by atoms with Gasteiger partial charge in [-0.15, -0.1) is 0 Å². The van der Waals surface area contributed by atoms with Crippen molar-refractivity contribution in [2.75, 3.05) is 0 Å². The van der Waals surface area contributed by atoms with E-state index in [2.05, 4.69) is 4.98 Å². The highest BCUT2D eigenvalue weighted by molar-refractivity contribution is 5.88. The summed E-state index contributed by atoms with van der Waals surface area (Å²) in [6, 6.07) is 3.65. The molecule has 5 nitrogen and oxygen atoms in total. The number of carboxylic acids is 1. The highest BCUT2D eigenvalue weighted by Crippen LogP contribution is 2.17. The second kappa shape index (κ2) is 4.87. The lowest BCUT2D eigenvalue weighted by atomic mass is 10.2. The zero-order valence-electron chi connectivity index (χ0n) is 9.63. The second-order valence-electron chi connectivity index (χ2n) is 3.73.